The van der Waals surface area contributed by atoms with E-state index in [0.29, 0.717) is 11.3 Å². The van der Waals surface area contributed by atoms with Gasteiger partial charge in [0.05, 0.1) is 5.69 Å². The minimum absolute atomic E-state index is 0.265. The summed E-state index contributed by atoms with van der Waals surface area (Å²) in [7, 11) is 0. The molecule has 0 aromatic heterocycles. The third kappa shape index (κ3) is 4.87. The molecule has 1 aromatic rings. The molecule has 19 heavy (non-hydrogen) atoms. The van der Waals surface area contributed by atoms with Gasteiger partial charge in [-0.15, -0.1) is 0 Å². The first-order valence-corrected chi connectivity index (χ1v) is 6.48. The van der Waals surface area contributed by atoms with E-state index in [4.69, 9.17) is 4.74 Å². The Labute approximate surface area is 121 Å². The lowest BCUT2D eigenvalue weighted by molar-refractivity contribution is 0.0636. The molecule has 0 aliphatic carbocycles. The predicted molar refractivity (Wildman–Crippen MR) is 78.5 cm³/mol. The molecule has 0 aliphatic rings. The highest BCUT2D eigenvalue weighted by atomic mass is 79.9. The molecule has 0 radical (unpaired) electrons. The highest BCUT2D eigenvalue weighted by molar-refractivity contribution is 9.10. The maximum atomic E-state index is 11.7. The van der Waals surface area contributed by atoms with E-state index in [9.17, 15) is 9.59 Å². The molecule has 102 valence electrons. The molecule has 0 heterocycles. The fourth-order valence-corrected chi connectivity index (χ4v) is 1.72. The summed E-state index contributed by atoms with van der Waals surface area (Å²) in [5.41, 5.74) is 0.149. The summed E-state index contributed by atoms with van der Waals surface area (Å²) < 4.78 is 5.90. The summed E-state index contributed by atoms with van der Waals surface area (Å²) in [6.45, 7) is 8.74. The van der Waals surface area contributed by atoms with Gasteiger partial charge < -0.3 is 4.74 Å². The van der Waals surface area contributed by atoms with Gasteiger partial charge in [-0.2, -0.15) is 0 Å². The second-order valence-electron chi connectivity index (χ2n) is 4.89. The van der Waals surface area contributed by atoms with Crippen LogP contribution in [0.3, 0.4) is 0 Å². The van der Waals surface area contributed by atoms with E-state index in [1.54, 1.807) is 39.0 Å². The van der Waals surface area contributed by atoms with Crippen LogP contribution in [-0.4, -0.2) is 17.5 Å². The predicted octanol–water partition coefficient (Wildman–Crippen LogP) is 4.16. The number of ether oxygens (including phenoxy) is 1. The second kappa shape index (κ2) is 6.02. The Morgan fingerprint density at radius 1 is 1.37 bits per heavy atom. The van der Waals surface area contributed by atoms with E-state index >= 15 is 0 Å². The maximum Gasteiger partial charge on any atom is 0.412 e. The number of carbonyl (C=O) groups excluding carboxylic acids is 2. The number of hydrogen-bond acceptors (Lipinski definition) is 3. The Kier molecular flexibility index (Phi) is 4.89. The molecular formula is C14H16BrNO3. The molecule has 1 N–H and O–H groups in total. The Hall–Kier alpha value is -1.62. The third-order valence-electron chi connectivity index (χ3n) is 2.07. The van der Waals surface area contributed by atoms with Gasteiger partial charge in [0.1, 0.15) is 5.60 Å². The minimum atomic E-state index is -0.608. The Morgan fingerprint density at radius 2 is 2.00 bits per heavy atom. The van der Waals surface area contributed by atoms with Gasteiger partial charge >= 0.3 is 6.09 Å². The van der Waals surface area contributed by atoms with Crippen LogP contribution in [0, 0.1) is 0 Å². The lowest BCUT2D eigenvalue weighted by Crippen LogP contribution is -2.27. The van der Waals surface area contributed by atoms with Gasteiger partial charge in [0.15, 0.2) is 5.78 Å². The van der Waals surface area contributed by atoms with Crippen LogP contribution >= 0.6 is 15.9 Å². The summed E-state index contributed by atoms with van der Waals surface area (Å²) >= 11 is 3.29. The average Bonchev–Trinajstić information content (AvgIpc) is 2.25. The number of halogens is 1. The first kappa shape index (κ1) is 15.4. The number of hydrogen-bond donors (Lipinski definition) is 1. The Bertz CT molecular complexity index is 518. The number of rotatable bonds is 3. The average molecular weight is 326 g/mol. The molecule has 0 aliphatic heterocycles. The van der Waals surface area contributed by atoms with Crippen molar-refractivity contribution in [2.45, 2.75) is 26.4 Å². The molecule has 0 spiro atoms. The van der Waals surface area contributed by atoms with E-state index in [-0.39, 0.29) is 5.78 Å². The van der Waals surface area contributed by atoms with Crippen molar-refractivity contribution in [3.05, 3.63) is 40.9 Å². The second-order valence-corrected chi connectivity index (χ2v) is 5.80. The van der Waals surface area contributed by atoms with Gasteiger partial charge in [-0.25, -0.2) is 4.79 Å². The maximum absolute atomic E-state index is 11.7. The van der Waals surface area contributed by atoms with Crippen LogP contribution < -0.4 is 5.32 Å². The lowest BCUT2D eigenvalue weighted by atomic mass is 10.1. The van der Waals surface area contributed by atoms with Crippen molar-refractivity contribution in [3.8, 4) is 0 Å². The molecule has 0 saturated carbocycles. The van der Waals surface area contributed by atoms with Crippen molar-refractivity contribution in [2.75, 3.05) is 5.32 Å². The van der Waals surface area contributed by atoms with E-state index in [1.165, 1.54) is 6.08 Å². The van der Waals surface area contributed by atoms with Crippen LogP contribution in [0.25, 0.3) is 0 Å². The standard InChI is InChI=1S/C14H16BrNO3/c1-5-12(17)10-7-6-9(15)8-11(10)16-13(18)19-14(2,3)4/h5-8H,1H2,2-4H3,(H,16,18). The molecule has 0 saturated heterocycles. The Morgan fingerprint density at radius 3 is 2.53 bits per heavy atom. The molecule has 1 aromatic carbocycles. The Balaban J connectivity index is 2.99. The van der Waals surface area contributed by atoms with Crippen LogP contribution in [0.5, 0.6) is 0 Å². The molecule has 1 amide bonds. The summed E-state index contributed by atoms with van der Waals surface area (Å²) in [5.74, 6) is -0.265. The summed E-state index contributed by atoms with van der Waals surface area (Å²) in [4.78, 5) is 23.4. The monoisotopic (exact) mass is 325 g/mol. The van der Waals surface area contributed by atoms with Crippen molar-refractivity contribution in [1.29, 1.82) is 0 Å². The van der Waals surface area contributed by atoms with E-state index in [2.05, 4.69) is 27.8 Å². The first-order chi connectivity index (χ1) is 8.73. The minimum Gasteiger partial charge on any atom is -0.444 e. The smallest absolute Gasteiger partial charge is 0.412 e. The van der Waals surface area contributed by atoms with Crippen molar-refractivity contribution in [3.63, 3.8) is 0 Å². The fraction of sp³-hybridized carbons (Fsp3) is 0.286. The van der Waals surface area contributed by atoms with Gasteiger partial charge in [0.2, 0.25) is 0 Å². The number of ketones is 1. The third-order valence-corrected chi connectivity index (χ3v) is 2.56. The summed E-state index contributed by atoms with van der Waals surface area (Å²) in [6, 6.07) is 4.97. The van der Waals surface area contributed by atoms with Gasteiger partial charge in [0.25, 0.3) is 0 Å². The molecule has 0 fully saturated rings. The van der Waals surface area contributed by atoms with Crippen LogP contribution in [0.2, 0.25) is 0 Å². The van der Waals surface area contributed by atoms with E-state index in [0.717, 1.165) is 4.47 Å². The van der Waals surface area contributed by atoms with E-state index < -0.39 is 11.7 Å². The number of carbonyl (C=O) groups is 2. The van der Waals surface area contributed by atoms with Crippen molar-refractivity contribution < 1.29 is 14.3 Å². The number of benzene rings is 1. The highest BCUT2D eigenvalue weighted by Crippen LogP contribution is 2.23. The van der Waals surface area contributed by atoms with Crippen LogP contribution in [0.4, 0.5) is 10.5 Å². The van der Waals surface area contributed by atoms with Gasteiger partial charge in [-0.1, -0.05) is 22.5 Å². The zero-order chi connectivity index (χ0) is 14.6. The van der Waals surface area contributed by atoms with Crippen molar-refractivity contribution in [2.24, 2.45) is 0 Å². The van der Waals surface area contributed by atoms with Crippen LogP contribution in [0.15, 0.2) is 35.3 Å². The zero-order valence-electron chi connectivity index (χ0n) is 11.1. The summed E-state index contributed by atoms with van der Waals surface area (Å²) in [5, 5.41) is 2.56. The zero-order valence-corrected chi connectivity index (χ0v) is 12.7. The summed E-state index contributed by atoms with van der Waals surface area (Å²) in [6.07, 6.45) is 0.590. The van der Waals surface area contributed by atoms with Crippen molar-refractivity contribution in [1.82, 2.24) is 0 Å². The number of allylic oxidation sites excluding steroid dienone is 1. The van der Waals surface area contributed by atoms with Crippen LogP contribution in [-0.2, 0) is 4.74 Å². The molecule has 0 atom stereocenters. The molecular weight excluding hydrogens is 310 g/mol. The first-order valence-electron chi connectivity index (χ1n) is 5.69. The topological polar surface area (TPSA) is 55.4 Å². The van der Waals surface area contributed by atoms with Gasteiger partial charge in [-0.3, -0.25) is 10.1 Å². The lowest BCUT2D eigenvalue weighted by Gasteiger charge is -2.20. The van der Waals surface area contributed by atoms with Crippen LogP contribution in [0.1, 0.15) is 31.1 Å². The number of nitrogens with one attached hydrogen (secondary N) is 1. The number of amides is 1. The van der Waals surface area contributed by atoms with Crippen molar-refractivity contribution >= 4 is 33.5 Å². The molecule has 1 rings (SSSR count). The largest absolute Gasteiger partial charge is 0.444 e. The fourth-order valence-electron chi connectivity index (χ4n) is 1.36. The molecule has 0 bridgehead atoms. The molecule has 4 nitrogen and oxygen atoms in total. The van der Waals surface area contributed by atoms with Gasteiger partial charge in [0, 0.05) is 10.0 Å². The molecule has 5 heteroatoms. The number of anilines is 1. The SMILES string of the molecule is C=CC(=O)c1ccc(Br)cc1NC(=O)OC(C)(C)C. The van der Waals surface area contributed by atoms with E-state index in [1.807, 2.05) is 0 Å². The normalized spacial score (nSPS) is 10.7. The van der Waals surface area contributed by atoms with Gasteiger partial charge in [-0.05, 0) is 45.0 Å². The quantitative estimate of drug-likeness (QED) is 0.670. The highest BCUT2D eigenvalue weighted by Gasteiger charge is 2.18. The molecule has 0 unspecified atom stereocenters.